The monoisotopic (exact) mass is 269 g/mol. The van der Waals surface area contributed by atoms with Crippen molar-refractivity contribution < 1.29 is 9.53 Å². The smallest absolute Gasteiger partial charge is 0.320 e. The van der Waals surface area contributed by atoms with Crippen molar-refractivity contribution in [3.8, 4) is 0 Å². The fourth-order valence-corrected chi connectivity index (χ4v) is 2.45. The van der Waals surface area contributed by atoms with Crippen LogP contribution in [0.15, 0.2) is 0 Å². The molecule has 2 N–H and O–H groups in total. The molecule has 5 heteroatoms. The second-order valence-corrected chi connectivity index (χ2v) is 5.09. The quantitative estimate of drug-likeness (QED) is 0.450. The molecule has 0 saturated heterocycles. The maximum Gasteiger partial charge on any atom is 0.320 e. The van der Waals surface area contributed by atoms with Gasteiger partial charge in [-0.2, -0.15) is 11.8 Å². The first-order valence-corrected chi connectivity index (χ1v) is 6.20. The maximum absolute atomic E-state index is 10.9. The lowest BCUT2D eigenvalue weighted by Crippen LogP contribution is -2.19. The third kappa shape index (κ3) is 7.34. The number of hydrogen-bond acceptors (Lipinski definition) is 4. The van der Waals surface area contributed by atoms with E-state index >= 15 is 0 Å². The summed E-state index contributed by atoms with van der Waals surface area (Å²) in [6.07, 6.45) is 0.978. The van der Waals surface area contributed by atoms with Gasteiger partial charge in [0.15, 0.2) is 0 Å². The van der Waals surface area contributed by atoms with Gasteiger partial charge in [-0.1, -0.05) is 15.9 Å². The number of halogens is 1. The molecular formula is C8H16BrNO2S. The van der Waals surface area contributed by atoms with Gasteiger partial charge >= 0.3 is 5.97 Å². The summed E-state index contributed by atoms with van der Waals surface area (Å²) in [4.78, 5) is 10.7. The van der Waals surface area contributed by atoms with E-state index in [0.29, 0.717) is 0 Å². The molecule has 78 valence electrons. The molecule has 13 heavy (non-hydrogen) atoms. The summed E-state index contributed by atoms with van der Waals surface area (Å²) in [6.45, 7) is 1.98. The van der Waals surface area contributed by atoms with Crippen molar-refractivity contribution in [3.63, 3.8) is 0 Å². The van der Waals surface area contributed by atoms with Crippen LogP contribution in [-0.2, 0) is 9.53 Å². The number of nitrogens with two attached hydrogens (primary N) is 1. The molecule has 0 spiro atoms. The fraction of sp³-hybridized carbons (Fsp3) is 0.875. The van der Waals surface area contributed by atoms with Crippen molar-refractivity contribution in [2.75, 3.05) is 18.6 Å². The van der Waals surface area contributed by atoms with E-state index in [9.17, 15) is 4.79 Å². The van der Waals surface area contributed by atoms with Gasteiger partial charge in [-0.15, -0.1) is 0 Å². The van der Waals surface area contributed by atoms with Crippen molar-refractivity contribution in [1.82, 2.24) is 0 Å². The highest BCUT2D eigenvalue weighted by Crippen LogP contribution is 2.12. The molecule has 3 nitrogen and oxygen atoms in total. The van der Waals surface area contributed by atoms with E-state index in [0.717, 1.165) is 17.9 Å². The standard InChI is InChI=1S/C8H16BrNO2S/c1-6(10)3-4-13-5-7(9)8(11)12-2/h6-7H,3-5,10H2,1-2H3. The van der Waals surface area contributed by atoms with E-state index < -0.39 is 0 Å². The van der Waals surface area contributed by atoms with Gasteiger partial charge in [-0.25, -0.2) is 0 Å². The van der Waals surface area contributed by atoms with E-state index in [2.05, 4.69) is 20.7 Å². The Balaban J connectivity index is 3.37. The molecule has 0 aliphatic rings. The molecule has 0 amide bonds. The highest BCUT2D eigenvalue weighted by molar-refractivity contribution is 9.10. The molecule has 0 heterocycles. The zero-order chi connectivity index (χ0) is 10.3. The normalized spacial score (nSPS) is 15.1. The van der Waals surface area contributed by atoms with Crippen LogP contribution in [0.2, 0.25) is 0 Å². The molecule has 2 unspecified atom stereocenters. The molecule has 0 aliphatic heterocycles. The molecule has 0 bridgehead atoms. The van der Waals surface area contributed by atoms with Crippen LogP contribution in [0.3, 0.4) is 0 Å². The van der Waals surface area contributed by atoms with Crippen LogP contribution in [0.5, 0.6) is 0 Å². The lowest BCUT2D eigenvalue weighted by molar-refractivity contribution is -0.139. The van der Waals surface area contributed by atoms with E-state index in [1.54, 1.807) is 11.8 Å². The van der Waals surface area contributed by atoms with E-state index in [4.69, 9.17) is 5.73 Å². The summed E-state index contributed by atoms with van der Waals surface area (Å²) in [5.41, 5.74) is 5.58. The van der Waals surface area contributed by atoms with Gasteiger partial charge in [0.05, 0.1) is 7.11 Å². The predicted molar refractivity (Wildman–Crippen MR) is 60.3 cm³/mol. The Morgan fingerprint density at radius 2 is 2.31 bits per heavy atom. The molecule has 0 rings (SSSR count). The van der Waals surface area contributed by atoms with Gasteiger partial charge < -0.3 is 10.5 Å². The molecule has 0 radical (unpaired) electrons. The number of thioether (sulfide) groups is 1. The van der Waals surface area contributed by atoms with Crippen LogP contribution in [0.25, 0.3) is 0 Å². The number of alkyl halides is 1. The third-order valence-corrected chi connectivity index (χ3v) is 3.66. The topological polar surface area (TPSA) is 52.3 Å². The van der Waals surface area contributed by atoms with Crippen molar-refractivity contribution in [2.45, 2.75) is 24.2 Å². The van der Waals surface area contributed by atoms with Crippen molar-refractivity contribution in [3.05, 3.63) is 0 Å². The van der Waals surface area contributed by atoms with Gasteiger partial charge in [0.25, 0.3) is 0 Å². The van der Waals surface area contributed by atoms with Gasteiger partial charge in [-0.05, 0) is 19.1 Å². The van der Waals surface area contributed by atoms with Crippen LogP contribution < -0.4 is 5.73 Å². The summed E-state index contributed by atoms with van der Waals surface area (Å²) in [5.74, 6) is 1.50. The lowest BCUT2D eigenvalue weighted by Gasteiger charge is -2.07. The number of ether oxygens (including phenoxy) is 1. The van der Waals surface area contributed by atoms with Gasteiger partial charge in [0.2, 0.25) is 0 Å². The number of hydrogen-bond donors (Lipinski definition) is 1. The minimum atomic E-state index is -0.215. The largest absolute Gasteiger partial charge is 0.468 e. The van der Waals surface area contributed by atoms with Gasteiger partial charge in [0.1, 0.15) is 4.83 Å². The molecule has 0 aromatic heterocycles. The first-order chi connectivity index (χ1) is 6.07. The van der Waals surface area contributed by atoms with E-state index in [-0.39, 0.29) is 16.8 Å². The highest BCUT2D eigenvalue weighted by atomic mass is 79.9. The maximum atomic E-state index is 10.9. The van der Waals surface area contributed by atoms with Crippen LogP contribution in [0.4, 0.5) is 0 Å². The summed E-state index contributed by atoms with van der Waals surface area (Å²) in [7, 11) is 1.39. The summed E-state index contributed by atoms with van der Waals surface area (Å²) in [6, 6.07) is 0.236. The molecule has 0 fully saturated rings. The molecular weight excluding hydrogens is 254 g/mol. The lowest BCUT2D eigenvalue weighted by atomic mass is 10.3. The SMILES string of the molecule is COC(=O)C(Br)CSCCC(C)N. The first-order valence-electron chi connectivity index (χ1n) is 4.13. The van der Waals surface area contributed by atoms with Crippen molar-refractivity contribution >= 4 is 33.7 Å². The summed E-state index contributed by atoms with van der Waals surface area (Å²) < 4.78 is 4.57. The van der Waals surface area contributed by atoms with E-state index in [1.807, 2.05) is 6.92 Å². The molecule has 0 saturated carbocycles. The van der Waals surface area contributed by atoms with Crippen molar-refractivity contribution in [2.24, 2.45) is 5.73 Å². The molecule has 2 atom stereocenters. The van der Waals surface area contributed by atoms with Crippen LogP contribution in [0.1, 0.15) is 13.3 Å². The van der Waals surface area contributed by atoms with E-state index in [1.165, 1.54) is 7.11 Å². The Kier molecular flexibility index (Phi) is 7.80. The Morgan fingerprint density at radius 3 is 2.77 bits per heavy atom. The Morgan fingerprint density at radius 1 is 1.69 bits per heavy atom. The number of methoxy groups -OCH3 is 1. The Labute approximate surface area is 91.9 Å². The van der Waals surface area contributed by atoms with Gasteiger partial charge in [0, 0.05) is 11.8 Å². The number of rotatable bonds is 6. The van der Waals surface area contributed by atoms with Crippen molar-refractivity contribution in [1.29, 1.82) is 0 Å². The average Bonchev–Trinajstić information content (AvgIpc) is 2.10. The Hall–Kier alpha value is 0.260. The van der Waals surface area contributed by atoms with Gasteiger partial charge in [-0.3, -0.25) is 4.79 Å². The van der Waals surface area contributed by atoms with Crippen LogP contribution >= 0.6 is 27.7 Å². The summed E-state index contributed by atoms with van der Waals surface area (Å²) >= 11 is 4.95. The average molecular weight is 270 g/mol. The second kappa shape index (κ2) is 7.64. The number of esters is 1. The zero-order valence-electron chi connectivity index (χ0n) is 7.96. The third-order valence-electron chi connectivity index (χ3n) is 1.44. The summed E-state index contributed by atoms with van der Waals surface area (Å²) in [5, 5.41) is 0. The fourth-order valence-electron chi connectivity index (χ4n) is 0.652. The molecule has 0 aromatic rings. The Bertz CT molecular complexity index is 155. The molecule has 0 aromatic carbocycles. The number of carbonyl (C=O) groups is 1. The predicted octanol–water partition coefficient (Wildman–Crippen LogP) is 1.39. The van der Waals surface area contributed by atoms with Crippen LogP contribution in [0, 0.1) is 0 Å². The van der Waals surface area contributed by atoms with Crippen LogP contribution in [-0.4, -0.2) is 35.5 Å². The minimum Gasteiger partial charge on any atom is -0.468 e. The molecule has 0 aliphatic carbocycles. The highest BCUT2D eigenvalue weighted by Gasteiger charge is 2.14. The second-order valence-electron chi connectivity index (χ2n) is 2.83. The first kappa shape index (κ1) is 13.3. The number of carbonyl (C=O) groups excluding carboxylic acids is 1. The minimum absolute atomic E-state index is 0.199. The zero-order valence-corrected chi connectivity index (χ0v) is 10.4.